The zero-order chi connectivity index (χ0) is 29.9. The Kier molecular flexibility index (Phi) is 7.25. The summed E-state index contributed by atoms with van der Waals surface area (Å²) in [6, 6.07) is 4.28. The van der Waals surface area contributed by atoms with Gasteiger partial charge in [-0.05, 0) is 70.7 Å². The Morgan fingerprint density at radius 3 is 2.62 bits per heavy atom. The van der Waals surface area contributed by atoms with Crippen molar-refractivity contribution in [3.8, 4) is 11.3 Å². The van der Waals surface area contributed by atoms with E-state index in [1.54, 1.807) is 6.33 Å². The maximum Gasteiger partial charge on any atom is 0.236 e. The fourth-order valence-corrected chi connectivity index (χ4v) is 6.56. The molecule has 2 bridgehead atoms. The van der Waals surface area contributed by atoms with Crippen molar-refractivity contribution in [2.45, 2.75) is 79.0 Å². The highest BCUT2D eigenvalue weighted by atomic mass is 16.5. The number of H-pyrrole nitrogens is 1. The van der Waals surface area contributed by atoms with Crippen LogP contribution >= 0.6 is 0 Å². The molecule has 4 aromatic rings. The van der Waals surface area contributed by atoms with Crippen LogP contribution < -0.4 is 4.90 Å². The first-order chi connectivity index (χ1) is 19.9. The number of amides is 1. The molecule has 10 heteroatoms. The Bertz CT molecular complexity index is 1630. The average molecular weight is 573 g/mol. The highest BCUT2D eigenvalue weighted by Gasteiger charge is 2.37. The molecule has 0 radical (unpaired) electrons. The second-order valence-corrected chi connectivity index (χ2v) is 13.2. The number of carbonyl (C=O) groups excluding carboxylic acids is 1. The van der Waals surface area contributed by atoms with Crippen molar-refractivity contribution in [1.29, 1.82) is 0 Å². The summed E-state index contributed by atoms with van der Waals surface area (Å²) in [6.07, 6.45) is 3.62. The predicted molar refractivity (Wildman–Crippen MR) is 166 cm³/mol. The van der Waals surface area contributed by atoms with Gasteiger partial charge in [0.2, 0.25) is 5.91 Å². The van der Waals surface area contributed by atoms with E-state index in [2.05, 4.69) is 98.6 Å². The van der Waals surface area contributed by atoms with Crippen molar-refractivity contribution in [3.05, 3.63) is 41.3 Å². The monoisotopic (exact) mass is 572 g/mol. The highest BCUT2D eigenvalue weighted by Crippen LogP contribution is 2.38. The van der Waals surface area contributed by atoms with Crippen LogP contribution in [0, 0.1) is 13.8 Å². The molecular weight excluding hydrogens is 528 g/mol. The standard InChI is InChI=1S/C32H44N8O2/c1-19(2)28-29(23-15-40-31(33-18-34-40)21(4)20(23)3)35-24-9-10-26(36-30(24)28)39-12-11-37-16-25(39)22(5)42-14-13-38(17-27(37)41)32(6,7)8/h9-10,15,18-19,22,25,35H,11-14,16-17H2,1-8H3/t22-,25?/m0/s1. The van der Waals surface area contributed by atoms with Crippen LogP contribution in [0.1, 0.15) is 64.2 Å². The summed E-state index contributed by atoms with van der Waals surface area (Å²) in [5, 5.41) is 4.42. The molecule has 0 spiro atoms. The largest absolute Gasteiger partial charge is 0.375 e. The number of hydrogen-bond donors (Lipinski definition) is 1. The van der Waals surface area contributed by atoms with Gasteiger partial charge >= 0.3 is 0 Å². The van der Waals surface area contributed by atoms with E-state index in [1.807, 2.05) is 9.42 Å². The number of piperazine rings is 1. The Hall–Kier alpha value is -3.50. The van der Waals surface area contributed by atoms with Crippen molar-refractivity contribution >= 4 is 28.4 Å². The van der Waals surface area contributed by atoms with Crippen molar-refractivity contribution < 1.29 is 9.53 Å². The maximum atomic E-state index is 13.4. The summed E-state index contributed by atoms with van der Waals surface area (Å²) in [5.74, 6) is 1.37. The van der Waals surface area contributed by atoms with Crippen LogP contribution in [0.15, 0.2) is 24.7 Å². The lowest BCUT2D eigenvalue weighted by Gasteiger charge is -2.46. The van der Waals surface area contributed by atoms with Crippen LogP contribution in [0.25, 0.3) is 27.9 Å². The van der Waals surface area contributed by atoms with Gasteiger partial charge in [-0.1, -0.05) is 13.8 Å². The molecule has 10 nitrogen and oxygen atoms in total. The van der Waals surface area contributed by atoms with E-state index in [9.17, 15) is 4.79 Å². The molecule has 6 rings (SSSR count). The Morgan fingerprint density at radius 1 is 1.10 bits per heavy atom. The van der Waals surface area contributed by atoms with Crippen LogP contribution in [0.3, 0.4) is 0 Å². The number of nitrogens with zero attached hydrogens (tertiary/aromatic N) is 7. The van der Waals surface area contributed by atoms with Crippen molar-refractivity contribution in [2.24, 2.45) is 0 Å². The van der Waals surface area contributed by atoms with Gasteiger partial charge in [-0.25, -0.2) is 14.5 Å². The minimum atomic E-state index is -0.0934. The third-order valence-corrected chi connectivity index (χ3v) is 9.26. The van der Waals surface area contributed by atoms with E-state index in [1.165, 1.54) is 11.1 Å². The van der Waals surface area contributed by atoms with Crippen molar-refractivity contribution in [2.75, 3.05) is 44.2 Å². The lowest BCUT2D eigenvalue weighted by atomic mass is 9.95. The van der Waals surface area contributed by atoms with Crippen molar-refractivity contribution in [1.82, 2.24) is 34.4 Å². The summed E-state index contributed by atoms with van der Waals surface area (Å²) in [6.45, 7) is 21.1. The summed E-state index contributed by atoms with van der Waals surface area (Å²) in [7, 11) is 0. The second-order valence-electron chi connectivity index (χ2n) is 13.2. The molecule has 0 aliphatic carbocycles. The van der Waals surface area contributed by atoms with Crippen LogP contribution in [0.4, 0.5) is 5.82 Å². The smallest absolute Gasteiger partial charge is 0.236 e. The first-order valence-corrected chi connectivity index (χ1v) is 15.2. The average Bonchev–Trinajstić information content (AvgIpc) is 3.57. The number of anilines is 1. The number of ether oxygens (including phenoxy) is 1. The molecule has 42 heavy (non-hydrogen) atoms. The zero-order valence-electron chi connectivity index (χ0n) is 26.2. The highest BCUT2D eigenvalue weighted by molar-refractivity contribution is 5.90. The Morgan fingerprint density at radius 2 is 1.88 bits per heavy atom. The molecule has 224 valence electrons. The summed E-state index contributed by atoms with van der Waals surface area (Å²) < 4.78 is 8.27. The van der Waals surface area contributed by atoms with Gasteiger partial charge in [-0.2, -0.15) is 5.10 Å². The molecule has 0 aromatic carbocycles. The number of pyridine rings is 2. The van der Waals surface area contributed by atoms with Gasteiger partial charge in [0.1, 0.15) is 12.1 Å². The van der Waals surface area contributed by atoms with E-state index < -0.39 is 0 Å². The van der Waals surface area contributed by atoms with E-state index >= 15 is 0 Å². The van der Waals surface area contributed by atoms with E-state index in [0.717, 1.165) is 45.9 Å². The Balaban J connectivity index is 1.37. The molecule has 6 heterocycles. The third-order valence-electron chi connectivity index (χ3n) is 9.26. The van der Waals surface area contributed by atoms with Gasteiger partial charge in [0.15, 0.2) is 5.65 Å². The van der Waals surface area contributed by atoms with Crippen LogP contribution in [0.5, 0.6) is 0 Å². The van der Waals surface area contributed by atoms with Crippen molar-refractivity contribution in [3.63, 3.8) is 0 Å². The van der Waals surface area contributed by atoms with Gasteiger partial charge in [-0.15, -0.1) is 0 Å². The minimum absolute atomic E-state index is 0.0226. The number of nitrogens with one attached hydrogen (secondary N) is 1. The molecule has 1 unspecified atom stereocenters. The zero-order valence-corrected chi connectivity index (χ0v) is 26.2. The predicted octanol–water partition coefficient (Wildman–Crippen LogP) is 4.55. The molecule has 1 N–H and O–H groups in total. The normalized spacial score (nSPS) is 21.2. The summed E-state index contributed by atoms with van der Waals surface area (Å²) in [5.41, 5.74) is 8.48. The third kappa shape index (κ3) is 4.94. The topological polar surface area (TPSA) is 94.9 Å². The minimum Gasteiger partial charge on any atom is -0.375 e. The van der Waals surface area contributed by atoms with Gasteiger partial charge in [0.05, 0.1) is 42.0 Å². The van der Waals surface area contributed by atoms with E-state index in [0.29, 0.717) is 32.8 Å². The molecule has 2 aliphatic rings. The number of aromatic nitrogens is 5. The number of rotatable bonds is 3. The molecule has 4 aromatic heterocycles. The number of fused-ring (bicyclic) bond motifs is 4. The lowest BCUT2D eigenvalue weighted by Crippen LogP contribution is -2.62. The van der Waals surface area contributed by atoms with Crippen LogP contribution in [0.2, 0.25) is 0 Å². The second kappa shape index (κ2) is 10.6. The number of aryl methyl sites for hydroxylation is 1. The fourth-order valence-electron chi connectivity index (χ4n) is 6.56. The van der Waals surface area contributed by atoms with Crippen LogP contribution in [-0.2, 0) is 9.53 Å². The first kappa shape index (κ1) is 28.6. The summed E-state index contributed by atoms with van der Waals surface area (Å²) in [4.78, 5) is 33.4. The van der Waals surface area contributed by atoms with Gasteiger partial charge in [0.25, 0.3) is 0 Å². The number of hydrogen-bond acceptors (Lipinski definition) is 7. The van der Waals surface area contributed by atoms with Gasteiger partial charge in [-0.3, -0.25) is 9.69 Å². The molecule has 2 fully saturated rings. The molecule has 1 amide bonds. The fraction of sp³-hybridized carbons (Fsp3) is 0.562. The molecule has 2 aliphatic heterocycles. The number of aromatic amines is 1. The number of carbonyl (C=O) groups is 1. The van der Waals surface area contributed by atoms with E-state index in [4.69, 9.17) is 9.72 Å². The van der Waals surface area contributed by atoms with Crippen LogP contribution in [-0.4, -0.2) is 97.3 Å². The molecule has 2 saturated heterocycles. The molecule has 0 saturated carbocycles. The maximum absolute atomic E-state index is 13.4. The van der Waals surface area contributed by atoms with Gasteiger partial charge < -0.3 is 19.5 Å². The molecule has 2 atom stereocenters. The SMILES string of the molecule is Cc1c(-c2[nH]c3ccc(N4CCN5CC4[C@H](C)OCCN(C(C)(C)C)CC5=O)nc3c2C(C)C)cn2ncnc2c1C. The Labute approximate surface area is 248 Å². The lowest BCUT2D eigenvalue weighted by molar-refractivity contribution is -0.137. The first-order valence-electron chi connectivity index (χ1n) is 15.2. The summed E-state index contributed by atoms with van der Waals surface area (Å²) >= 11 is 0. The quantitative estimate of drug-likeness (QED) is 0.385. The van der Waals surface area contributed by atoms with Gasteiger partial charge in [0, 0.05) is 49.0 Å². The molecular formula is C32H44N8O2. The van der Waals surface area contributed by atoms with E-state index in [-0.39, 0.29) is 29.5 Å².